The summed E-state index contributed by atoms with van der Waals surface area (Å²) in [6, 6.07) is 7.90. The van der Waals surface area contributed by atoms with E-state index in [-0.39, 0.29) is 12.5 Å². The molecule has 4 nitrogen and oxygen atoms in total. The first kappa shape index (κ1) is 15.5. The van der Waals surface area contributed by atoms with Gasteiger partial charge in [-0.1, -0.05) is 28.1 Å². The maximum Gasteiger partial charge on any atom is 0.227 e. The van der Waals surface area contributed by atoms with Crippen molar-refractivity contribution in [1.29, 1.82) is 0 Å². The minimum absolute atomic E-state index is 0.186. The lowest BCUT2D eigenvalue weighted by Crippen LogP contribution is -2.36. The third-order valence-electron chi connectivity index (χ3n) is 3.60. The average molecular weight is 341 g/mol. The van der Waals surface area contributed by atoms with Gasteiger partial charge in [0.2, 0.25) is 5.91 Å². The Kier molecular flexibility index (Phi) is 6.01. The fraction of sp³-hybridized carbons (Fsp3) is 0.533. The summed E-state index contributed by atoms with van der Waals surface area (Å²) in [6.45, 7) is 4.27. The zero-order valence-corrected chi connectivity index (χ0v) is 13.2. The zero-order valence-electron chi connectivity index (χ0n) is 11.6. The Morgan fingerprint density at radius 1 is 1.25 bits per heavy atom. The highest BCUT2D eigenvalue weighted by Crippen LogP contribution is 2.13. The summed E-state index contributed by atoms with van der Waals surface area (Å²) in [7, 11) is 0. The van der Waals surface area contributed by atoms with Crippen LogP contribution in [0.3, 0.4) is 0 Å². The van der Waals surface area contributed by atoms with Gasteiger partial charge in [0.05, 0.1) is 13.0 Å². The second-order valence-electron chi connectivity index (χ2n) is 5.11. The van der Waals surface area contributed by atoms with E-state index in [0.29, 0.717) is 13.0 Å². The predicted octanol–water partition coefficient (Wildman–Crippen LogP) is 1.52. The molecule has 1 amide bonds. The van der Waals surface area contributed by atoms with E-state index in [2.05, 4.69) is 20.8 Å². The average Bonchev–Trinajstić information content (AvgIpc) is 2.65. The van der Waals surface area contributed by atoms with Crippen molar-refractivity contribution in [3.05, 3.63) is 34.3 Å². The minimum atomic E-state index is 0.186. The van der Waals surface area contributed by atoms with Gasteiger partial charge in [-0.3, -0.25) is 9.69 Å². The molecule has 1 heterocycles. The first-order chi connectivity index (χ1) is 9.69. The van der Waals surface area contributed by atoms with Crippen LogP contribution in [0.25, 0.3) is 0 Å². The van der Waals surface area contributed by atoms with Gasteiger partial charge >= 0.3 is 0 Å². The molecule has 20 heavy (non-hydrogen) atoms. The summed E-state index contributed by atoms with van der Waals surface area (Å²) < 4.78 is 1.01. The number of carbonyl (C=O) groups excluding carboxylic acids is 1. The van der Waals surface area contributed by atoms with Gasteiger partial charge in [-0.2, -0.15) is 0 Å². The summed E-state index contributed by atoms with van der Waals surface area (Å²) in [4.78, 5) is 16.5. The molecule has 1 aliphatic rings. The van der Waals surface area contributed by atoms with Crippen LogP contribution in [-0.4, -0.2) is 60.1 Å². The van der Waals surface area contributed by atoms with Crippen LogP contribution in [0.15, 0.2) is 28.7 Å². The molecule has 0 atom stereocenters. The highest BCUT2D eigenvalue weighted by molar-refractivity contribution is 9.10. The van der Waals surface area contributed by atoms with Crippen LogP contribution < -0.4 is 0 Å². The van der Waals surface area contributed by atoms with Gasteiger partial charge in [0, 0.05) is 30.7 Å². The normalized spacial score (nSPS) is 17.0. The van der Waals surface area contributed by atoms with Crippen LogP contribution in [-0.2, 0) is 11.2 Å². The van der Waals surface area contributed by atoms with Gasteiger partial charge in [0.25, 0.3) is 0 Å². The molecule has 0 radical (unpaired) electrons. The van der Waals surface area contributed by atoms with Crippen molar-refractivity contribution in [3.8, 4) is 0 Å². The van der Waals surface area contributed by atoms with Crippen molar-refractivity contribution in [2.45, 2.75) is 12.8 Å². The number of hydrogen-bond acceptors (Lipinski definition) is 3. The van der Waals surface area contributed by atoms with Gasteiger partial charge in [-0.05, 0) is 30.7 Å². The molecule has 2 rings (SSSR count). The number of nitrogens with zero attached hydrogens (tertiary/aromatic N) is 2. The summed E-state index contributed by atoms with van der Waals surface area (Å²) >= 11 is 3.43. The van der Waals surface area contributed by atoms with Crippen LogP contribution in [0.4, 0.5) is 0 Å². The van der Waals surface area contributed by atoms with E-state index >= 15 is 0 Å². The molecule has 0 unspecified atom stereocenters. The van der Waals surface area contributed by atoms with Gasteiger partial charge < -0.3 is 10.0 Å². The van der Waals surface area contributed by atoms with E-state index < -0.39 is 0 Å². The monoisotopic (exact) mass is 340 g/mol. The fourth-order valence-corrected chi connectivity index (χ4v) is 2.97. The lowest BCUT2D eigenvalue weighted by molar-refractivity contribution is -0.130. The van der Waals surface area contributed by atoms with Crippen molar-refractivity contribution in [2.24, 2.45) is 0 Å². The lowest BCUT2D eigenvalue weighted by atomic mass is 10.1. The molecular weight excluding hydrogens is 320 g/mol. The van der Waals surface area contributed by atoms with Gasteiger partial charge in [-0.15, -0.1) is 0 Å². The topological polar surface area (TPSA) is 43.8 Å². The zero-order chi connectivity index (χ0) is 14.4. The number of benzene rings is 1. The van der Waals surface area contributed by atoms with Gasteiger partial charge in [0.1, 0.15) is 0 Å². The van der Waals surface area contributed by atoms with Crippen LogP contribution >= 0.6 is 15.9 Å². The van der Waals surface area contributed by atoms with Crippen molar-refractivity contribution >= 4 is 21.8 Å². The SMILES string of the molecule is O=C(Cc1cccc(Br)c1)N1CCCN(CCO)CC1. The summed E-state index contributed by atoms with van der Waals surface area (Å²) in [6.07, 6.45) is 1.43. The fourth-order valence-electron chi connectivity index (χ4n) is 2.52. The third-order valence-corrected chi connectivity index (χ3v) is 4.10. The molecule has 1 aromatic rings. The highest BCUT2D eigenvalue weighted by atomic mass is 79.9. The Labute approximate surface area is 128 Å². The minimum Gasteiger partial charge on any atom is -0.395 e. The molecule has 0 aromatic heterocycles. The van der Waals surface area contributed by atoms with E-state index in [1.807, 2.05) is 29.2 Å². The Bertz CT molecular complexity index is 453. The maximum atomic E-state index is 12.3. The van der Waals surface area contributed by atoms with Crippen molar-refractivity contribution in [1.82, 2.24) is 9.80 Å². The molecular formula is C15H21BrN2O2. The highest BCUT2D eigenvalue weighted by Gasteiger charge is 2.18. The molecule has 1 N–H and O–H groups in total. The molecule has 110 valence electrons. The first-order valence-corrected chi connectivity index (χ1v) is 7.84. The summed E-state index contributed by atoms with van der Waals surface area (Å²) in [5.41, 5.74) is 1.04. The Morgan fingerprint density at radius 3 is 2.85 bits per heavy atom. The predicted molar refractivity (Wildman–Crippen MR) is 82.6 cm³/mol. The molecule has 1 saturated heterocycles. The quantitative estimate of drug-likeness (QED) is 0.903. The number of rotatable bonds is 4. The summed E-state index contributed by atoms with van der Waals surface area (Å²) in [5.74, 6) is 0.189. The number of hydrogen-bond donors (Lipinski definition) is 1. The number of carbonyl (C=O) groups is 1. The second kappa shape index (κ2) is 7.76. The Hall–Kier alpha value is -0.910. The van der Waals surface area contributed by atoms with E-state index in [9.17, 15) is 4.79 Å². The number of aliphatic hydroxyl groups excluding tert-OH is 1. The van der Waals surface area contributed by atoms with E-state index in [1.54, 1.807) is 0 Å². The van der Waals surface area contributed by atoms with Crippen molar-refractivity contribution < 1.29 is 9.90 Å². The number of β-amino-alcohol motifs (C(OH)–C–C–N with tert-alkyl or cyclic N) is 1. The second-order valence-corrected chi connectivity index (χ2v) is 6.02. The van der Waals surface area contributed by atoms with E-state index in [0.717, 1.165) is 42.6 Å². The van der Waals surface area contributed by atoms with Crippen LogP contribution in [0.5, 0.6) is 0 Å². The summed E-state index contributed by atoms with van der Waals surface area (Å²) in [5, 5.41) is 8.98. The molecule has 1 aromatic carbocycles. The van der Waals surface area contributed by atoms with Gasteiger partial charge in [-0.25, -0.2) is 0 Å². The van der Waals surface area contributed by atoms with Gasteiger partial charge in [0.15, 0.2) is 0 Å². The standard InChI is InChI=1S/C15H21BrN2O2/c16-14-4-1-3-13(11-14)12-15(20)18-6-2-5-17(7-8-18)9-10-19/h1,3-4,11,19H,2,5-10,12H2. The van der Waals surface area contributed by atoms with Crippen LogP contribution in [0, 0.1) is 0 Å². The Morgan fingerprint density at radius 2 is 2.10 bits per heavy atom. The third kappa shape index (κ3) is 4.58. The van der Waals surface area contributed by atoms with E-state index in [4.69, 9.17) is 5.11 Å². The van der Waals surface area contributed by atoms with E-state index in [1.165, 1.54) is 0 Å². The maximum absolute atomic E-state index is 12.3. The van der Waals surface area contributed by atoms with Crippen LogP contribution in [0.1, 0.15) is 12.0 Å². The molecule has 5 heteroatoms. The van der Waals surface area contributed by atoms with Crippen LogP contribution in [0.2, 0.25) is 0 Å². The smallest absolute Gasteiger partial charge is 0.227 e. The molecule has 0 bridgehead atoms. The Balaban J connectivity index is 1.89. The molecule has 0 aliphatic carbocycles. The molecule has 0 spiro atoms. The number of amides is 1. The molecule has 1 aliphatic heterocycles. The largest absolute Gasteiger partial charge is 0.395 e. The number of halogens is 1. The van der Waals surface area contributed by atoms with Crippen molar-refractivity contribution in [2.75, 3.05) is 39.3 Å². The molecule has 0 saturated carbocycles. The molecule has 1 fully saturated rings. The van der Waals surface area contributed by atoms with Crippen molar-refractivity contribution in [3.63, 3.8) is 0 Å². The first-order valence-electron chi connectivity index (χ1n) is 7.04. The lowest BCUT2D eigenvalue weighted by Gasteiger charge is -2.21. The number of aliphatic hydroxyl groups is 1.